The molecule has 120 valence electrons. The van der Waals surface area contributed by atoms with E-state index in [1.54, 1.807) is 14.1 Å². The number of nitrogens with zero attached hydrogens (tertiary/aromatic N) is 3. The molecule has 1 saturated heterocycles. The fraction of sp³-hybridized carbons (Fsp3) is 0.615. The second kappa shape index (κ2) is 6.12. The van der Waals surface area contributed by atoms with Crippen LogP contribution in [-0.4, -0.2) is 59.9 Å². The molecule has 2 atom stereocenters. The summed E-state index contributed by atoms with van der Waals surface area (Å²) >= 11 is 0. The molecule has 2 fully saturated rings. The van der Waals surface area contributed by atoms with Crippen molar-refractivity contribution in [1.29, 1.82) is 0 Å². The third-order valence-electron chi connectivity index (χ3n) is 3.97. The lowest BCUT2D eigenvalue weighted by atomic mass is 9.80. The van der Waals surface area contributed by atoms with Crippen LogP contribution in [0, 0.1) is 11.8 Å². The van der Waals surface area contributed by atoms with Gasteiger partial charge < -0.3 is 10.6 Å². The molecule has 0 aromatic carbocycles. The molecule has 2 unspecified atom stereocenters. The fourth-order valence-electron chi connectivity index (χ4n) is 2.75. The summed E-state index contributed by atoms with van der Waals surface area (Å²) in [7, 11) is 3.14. The number of urea groups is 1. The Morgan fingerprint density at radius 1 is 1.32 bits per heavy atom. The summed E-state index contributed by atoms with van der Waals surface area (Å²) in [6, 6.07) is -0.776. The lowest BCUT2D eigenvalue weighted by molar-refractivity contribution is -0.145. The monoisotopic (exact) mass is 309 g/mol. The smallest absolute Gasteiger partial charge is 0.332 e. The molecule has 1 aliphatic heterocycles. The molecule has 1 aliphatic carbocycles. The maximum atomic E-state index is 12.4. The molecule has 0 spiro atoms. The molecular formula is C13H19N5O4. The van der Waals surface area contributed by atoms with E-state index in [4.69, 9.17) is 5.73 Å². The average molecular weight is 309 g/mol. The van der Waals surface area contributed by atoms with Gasteiger partial charge in [-0.25, -0.2) is 10.2 Å². The molecule has 0 radical (unpaired) electrons. The zero-order valence-corrected chi connectivity index (χ0v) is 12.5. The van der Waals surface area contributed by atoms with Crippen LogP contribution in [0.5, 0.6) is 0 Å². The Labute approximate surface area is 127 Å². The molecule has 3 N–H and O–H groups in total. The summed E-state index contributed by atoms with van der Waals surface area (Å²) in [4.78, 5) is 49.4. The molecule has 9 heteroatoms. The van der Waals surface area contributed by atoms with Crippen LogP contribution in [0.1, 0.15) is 19.3 Å². The van der Waals surface area contributed by atoms with Gasteiger partial charge in [-0.2, -0.15) is 5.10 Å². The van der Waals surface area contributed by atoms with E-state index in [1.807, 2.05) is 0 Å². The number of primary amides is 1. The van der Waals surface area contributed by atoms with E-state index in [-0.39, 0.29) is 24.3 Å². The van der Waals surface area contributed by atoms with Crippen molar-refractivity contribution < 1.29 is 19.2 Å². The Hall–Kier alpha value is -2.45. The highest BCUT2D eigenvalue weighted by atomic mass is 16.2. The number of hydrogen-bond acceptors (Lipinski definition) is 5. The number of rotatable bonds is 3. The molecular weight excluding hydrogens is 290 g/mol. The van der Waals surface area contributed by atoms with Crippen molar-refractivity contribution in [1.82, 2.24) is 15.2 Å². The van der Waals surface area contributed by atoms with Crippen molar-refractivity contribution in [2.45, 2.75) is 19.3 Å². The van der Waals surface area contributed by atoms with Gasteiger partial charge in [-0.15, -0.1) is 0 Å². The summed E-state index contributed by atoms with van der Waals surface area (Å²) in [5.41, 5.74) is 7.70. The lowest BCUT2D eigenvalue weighted by Crippen LogP contribution is -2.40. The fourth-order valence-corrected chi connectivity index (χ4v) is 2.75. The predicted octanol–water partition coefficient (Wildman–Crippen LogP) is -1.12. The van der Waals surface area contributed by atoms with Crippen molar-refractivity contribution in [3.05, 3.63) is 0 Å². The topological polar surface area (TPSA) is 125 Å². The highest BCUT2D eigenvalue weighted by Gasteiger charge is 2.49. The first-order valence-electron chi connectivity index (χ1n) is 6.97. The zero-order valence-electron chi connectivity index (χ0n) is 12.5. The summed E-state index contributed by atoms with van der Waals surface area (Å²) in [5.74, 6) is -1.87. The zero-order chi connectivity index (χ0) is 16.4. The summed E-state index contributed by atoms with van der Waals surface area (Å²) in [5, 5.41) is 3.85. The number of likely N-dealkylation sites (N-methyl/N-ethyl adjacent to an activating group) is 1. The van der Waals surface area contributed by atoms with E-state index >= 15 is 0 Å². The minimum atomic E-state index is -0.776. The van der Waals surface area contributed by atoms with Crippen molar-refractivity contribution in [2.75, 3.05) is 20.6 Å². The minimum Gasteiger partial charge on any atom is -0.350 e. The number of nitrogens with two attached hydrogens (primary N) is 1. The number of nitrogens with one attached hydrogen (secondary N) is 1. The molecule has 0 aromatic heterocycles. The quantitative estimate of drug-likeness (QED) is 0.506. The first kappa shape index (κ1) is 15.9. The van der Waals surface area contributed by atoms with Crippen molar-refractivity contribution in [2.24, 2.45) is 22.7 Å². The number of hydrazone groups is 1. The number of fused-ring (bicyclic) bond motifs is 1. The van der Waals surface area contributed by atoms with Gasteiger partial charge in [-0.3, -0.25) is 19.3 Å². The number of hydrogen-bond donors (Lipinski definition) is 2. The Balaban J connectivity index is 2.09. The summed E-state index contributed by atoms with van der Waals surface area (Å²) in [6.45, 7) is -0.232. The van der Waals surface area contributed by atoms with Crippen LogP contribution >= 0.6 is 0 Å². The number of imide groups is 1. The molecule has 0 aromatic rings. The van der Waals surface area contributed by atoms with E-state index in [1.165, 1.54) is 4.90 Å². The number of carbonyl (C=O) groups excluding carboxylic acids is 4. The Morgan fingerprint density at radius 3 is 2.55 bits per heavy atom. The second-order valence-electron chi connectivity index (χ2n) is 5.66. The minimum absolute atomic E-state index is 0.232. The molecule has 2 aliphatic rings. The van der Waals surface area contributed by atoms with E-state index in [2.05, 4.69) is 10.5 Å². The standard InChI is InChI=1S/C13H19N5O4/c1-17(2)10(19)6-18-11(20)8-4-3-7(15-16-13(14)22)5-9(8)12(18)21/h8-9H,3-6H2,1-2H3,(H3,14,16,22)/b15-7+. The molecule has 1 saturated carbocycles. The Kier molecular flexibility index (Phi) is 4.43. The van der Waals surface area contributed by atoms with Crippen LogP contribution in [0.4, 0.5) is 4.79 Å². The maximum absolute atomic E-state index is 12.4. The van der Waals surface area contributed by atoms with Gasteiger partial charge in [0.1, 0.15) is 6.54 Å². The van der Waals surface area contributed by atoms with Crippen LogP contribution in [0.25, 0.3) is 0 Å². The number of likely N-dealkylation sites (tertiary alicyclic amines) is 1. The number of amides is 5. The largest absolute Gasteiger partial charge is 0.350 e. The van der Waals surface area contributed by atoms with Crippen LogP contribution in [0.15, 0.2) is 5.10 Å². The van der Waals surface area contributed by atoms with E-state index < -0.39 is 17.9 Å². The Morgan fingerprint density at radius 2 is 1.95 bits per heavy atom. The Bertz CT molecular complexity index is 557. The van der Waals surface area contributed by atoms with E-state index in [9.17, 15) is 19.2 Å². The van der Waals surface area contributed by atoms with Gasteiger partial charge >= 0.3 is 6.03 Å². The molecule has 1 heterocycles. The van der Waals surface area contributed by atoms with Gasteiger partial charge in [0.05, 0.1) is 11.8 Å². The van der Waals surface area contributed by atoms with E-state index in [0.717, 1.165) is 4.90 Å². The van der Waals surface area contributed by atoms with Gasteiger partial charge in [0.15, 0.2) is 0 Å². The summed E-state index contributed by atoms with van der Waals surface area (Å²) < 4.78 is 0. The van der Waals surface area contributed by atoms with Crippen molar-refractivity contribution in [3.8, 4) is 0 Å². The van der Waals surface area contributed by atoms with Gasteiger partial charge in [0.25, 0.3) is 0 Å². The molecule has 22 heavy (non-hydrogen) atoms. The molecule has 9 nitrogen and oxygen atoms in total. The normalized spacial score (nSPS) is 26.1. The second-order valence-corrected chi connectivity index (χ2v) is 5.66. The first-order valence-corrected chi connectivity index (χ1v) is 6.97. The number of carbonyl (C=O) groups is 4. The van der Waals surface area contributed by atoms with E-state index in [0.29, 0.717) is 25.0 Å². The van der Waals surface area contributed by atoms with Crippen LogP contribution < -0.4 is 11.2 Å². The average Bonchev–Trinajstić information content (AvgIpc) is 2.69. The van der Waals surface area contributed by atoms with Crippen LogP contribution in [-0.2, 0) is 14.4 Å². The van der Waals surface area contributed by atoms with Crippen molar-refractivity contribution >= 4 is 29.5 Å². The van der Waals surface area contributed by atoms with Gasteiger partial charge in [-0.1, -0.05) is 0 Å². The third kappa shape index (κ3) is 3.07. The highest BCUT2D eigenvalue weighted by Crippen LogP contribution is 2.37. The molecule has 0 bridgehead atoms. The third-order valence-corrected chi connectivity index (χ3v) is 3.97. The maximum Gasteiger partial charge on any atom is 0.332 e. The van der Waals surface area contributed by atoms with Crippen LogP contribution in [0.2, 0.25) is 0 Å². The van der Waals surface area contributed by atoms with Crippen molar-refractivity contribution in [3.63, 3.8) is 0 Å². The SMILES string of the molecule is CN(C)C(=O)CN1C(=O)C2CC/C(=N\NC(N)=O)CC2C1=O. The lowest BCUT2D eigenvalue weighted by Gasteiger charge is -2.21. The van der Waals surface area contributed by atoms with Gasteiger partial charge in [-0.05, 0) is 19.3 Å². The highest BCUT2D eigenvalue weighted by molar-refractivity contribution is 6.09. The van der Waals surface area contributed by atoms with Gasteiger partial charge in [0.2, 0.25) is 17.7 Å². The first-order chi connectivity index (χ1) is 10.3. The molecule has 2 rings (SSSR count). The van der Waals surface area contributed by atoms with Gasteiger partial charge in [0, 0.05) is 19.8 Å². The molecule has 5 amide bonds. The summed E-state index contributed by atoms with van der Waals surface area (Å²) in [6.07, 6.45) is 1.28. The predicted molar refractivity (Wildman–Crippen MR) is 76.4 cm³/mol. The van der Waals surface area contributed by atoms with Crippen LogP contribution in [0.3, 0.4) is 0 Å².